The van der Waals surface area contributed by atoms with Crippen LogP contribution in [0.25, 0.3) is 0 Å². The molecule has 2 N–H and O–H groups in total. The van der Waals surface area contributed by atoms with Crippen LogP contribution < -0.4 is 5.73 Å². The van der Waals surface area contributed by atoms with E-state index < -0.39 is 0 Å². The molecule has 0 saturated carbocycles. The molecule has 5 heteroatoms. The Kier molecular flexibility index (Phi) is 5.44. The van der Waals surface area contributed by atoms with Crippen molar-refractivity contribution < 1.29 is 9.53 Å². The van der Waals surface area contributed by atoms with Crippen LogP contribution in [0, 0.1) is 0 Å². The number of likely N-dealkylation sites (N-methyl/N-ethyl adjacent to an activating group) is 1. The first-order valence-electron chi connectivity index (χ1n) is 5.84. The van der Waals surface area contributed by atoms with Gasteiger partial charge in [0.2, 0.25) is 0 Å². The van der Waals surface area contributed by atoms with Gasteiger partial charge in [-0.25, -0.2) is 0 Å². The Bertz CT molecular complexity index is 421. The first-order chi connectivity index (χ1) is 8.43. The van der Waals surface area contributed by atoms with Crippen molar-refractivity contribution in [1.29, 1.82) is 0 Å². The molecule has 0 bridgehead atoms. The smallest absolute Gasteiger partial charge is 0.255 e. The SMILES string of the molecule is CC(C)OCCN(C)C(=O)c1cccc(Cl)c1N. The van der Waals surface area contributed by atoms with Crippen LogP contribution >= 0.6 is 11.6 Å². The summed E-state index contributed by atoms with van der Waals surface area (Å²) in [6, 6.07) is 5.04. The molecule has 4 nitrogen and oxygen atoms in total. The van der Waals surface area contributed by atoms with Gasteiger partial charge in [0, 0.05) is 13.6 Å². The van der Waals surface area contributed by atoms with Crippen molar-refractivity contribution in [1.82, 2.24) is 4.90 Å². The number of para-hydroxylation sites is 1. The van der Waals surface area contributed by atoms with Crippen LogP contribution in [0.2, 0.25) is 5.02 Å². The van der Waals surface area contributed by atoms with Crippen LogP contribution in [0.15, 0.2) is 18.2 Å². The fourth-order valence-electron chi connectivity index (χ4n) is 1.46. The van der Waals surface area contributed by atoms with E-state index in [1.54, 1.807) is 30.1 Å². The summed E-state index contributed by atoms with van der Waals surface area (Å²) >= 11 is 5.89. The van der Waals surface area contributed by atoms with Gasteiger partial charge >= 0.3 is 0 Å². The topological polar surface area (TPSA) is 55.6 Å². The van der Waals surface area contributed by atoms with Crippen molar-refractivity contribution in [2.75, 3.05) is 25.9 Å². The molecule has 0 saturated heterocycles. The second kappa shape index (κ2) is 6.61. The van der Waals surface area contributed by atoms with Crippen molar-refractivity contribution >= 4 is 23.2 Å². The lowest BCUT2D eigenvalue weighted by Gasteiger charge is -2.19. The minimum absolute atomic E-state index is 0.151. The number of anilines is 1. The number of hydrogen-bond acceptors (Lipinski definition) is 3. The summed E-state index contributed by atoms with van der Waals surface area (Å²) in [7, 11) is 1.71. The predicted molar refractivity (Wildman–Crippen MR) is 73.9 cm³/mol. The molecule has 1 rings (SSSR count). The molecule has 0 unspecified atom stereocenters. The van der Waals surface area contributed by atoms with Crippen molar-refractivity contribution in [2.45, 2.75) is 20.0 Å². The van der Waals surface area contributed by atoms with Crippen LogP contribution in [-0.2, 0) is 4.74 Å². The maximum absolute atomic E-state index is 12.1. The van der Waals surface area contributed by atoms with Crippen LogP contribution in [0.1, 0.15) is 24.2 Å². The molecule has 1 aromatic rings. The van der Waals surface area contributed by atoms with Gasteiger partial charge in [-0.2, -0.15) is 0 Å². The van der Waals surface area contributed by atoms with Gasteiger partial charge in [0.25, 0.3) is 5.91 Å². The van der Waals surface area contributed by atoms with E-state index in [1.807, 2.05) is 13.8 Å². The number of amides is 1. The Morgan fingerprint density at radius 1 is 1.50 bits per heavy atom. The molecule has 0 heterocycles. The normalized spacial score (nSPS) is 10.7. The van der Waals surface area contributed by atoms with Crippen LogP contribution in [-0.4, -0.2) is 37.1 Å². The number of benzene rings is 1. The third kappa shape index (κ3) is 3.89. The Balaban J connectivity index is 2.66. The van der Waals surface area contributed by atoms with Crippen molar-refractivity contribution in [3.8, 4) is 0 Å². The highest BCUT2D eigenvalue weighted by atomic mass is 35.5. The van der Waals surface area contributed by atoms with E-state index in [1.165, 1.54) is 0 Å². The first kappa shape index (κ1) is 14.8. The quantitative estimate of drug-likeness (QED) is 0.836. The number of nitrogen functional groups attached to an aromatic ring is 1. The molecule has 0 radical (unpaired) electrons. The summed E-state index contributed by atoms with van der Waals surface area (Å²) in [4.78, 5) is 13.7. The summed E-state index contributed by atoms with van der Waals surface area (Å²) < 4.78 is 5.40. The number of carbonyl (C=O) groups excluding carboxylic acids is 1. The molecule has 1 aromatic carbocycles. The van der Waals surface area contributed by atoms with Gasteiger partial charge in [0.15, 0.2) is 0 Å². The molecule has 100 valence electrons. The average molecular weight is 271 g/mol. The van der Waals surface area contributed by atoms with Crippen molar-refractivity contribution in [3.63, 3.8) is 0 Å². The van der Waals surface area contributed by atoms with E-state index in [4.69, 9.17) is 22.1 Å². The maximum atomic E-state index is 12.1. The summed E-state index contributed by atoms with van der Waals surface area (Å²) in [6.45, 7) is 4.93. The molecule has 1 amide bonds. The molecule has 0 aliphatic carbocycles. The van der Waals surface area contributed by atoms with Gasteiger partial charge in [0.1, 0.15) is 0 Å². The van der Waals surface area contributed by atoms with Gasteiger partial charge in [-0.15, -0.1) is 0 Å². The Morgan fingerprint density at radius 3 is 2.78 bits per heavy atom. The lowest BCUT2D eigenvalue weighted by Crippen LogP contribution is -2.31. The number of nitrogens with zero attached hydrogens (tertiary/aromatic N) is 1. The largest absolute Gasteiger partial charge is 0.397 e. The summed E-state index contributed by atoms with van der Waals surface area (Å²) in [5.41, 5.74) is 6.53. The highest BCUT2D eigenvalue weighted by Gasteiger charge is 2.15. The van der Waals surface area contributed by atoms with Crippen LogP contribution in [0.4, 0.5) is 5.69 Å². The summed E-state index contributed by atoms with van der Waals surface area (Å²) in [6.07, 6.45) is 0.157. The van der Waals surface area contributed by atoms with E-state index in [0.717, 1.165) is 0 Å². The average Bonchev–Trinajstić information content (AvgIpc) is 2.31. The number of hydrogen-bond donors (Lipinski definition) is 1. The lowest BCUT2D eigenvalue weighted by atomic mass is 10.1. The Hall–Kier alpha value is -1.26. The van der Waals surface area contributed by atoms with Crippen LogP contribution in [0.5, 0.6) is 0 Å². The third-order valence-corrected chi connectivity index (χ3v) is 2.84. The number of nitrogens with two attached hydrogens (primary N) is 1. The molecular weight excluding hydrogens is 252 g/mol. The molecule has 0 aliphatic rings. The van der Waals surface area contributed by atoms with Gasteiger partial charge in [0.05, 0.1) is 29.0 Å². The van der Waals surface area contributed by atoms with E-state index in [-0.39, 0.29) is 12.0 Å². The summed E-state index contributed by atoms with van der Waals surface area (Å²) in [5, 5.41) is 0.396. The zero-order valence-electron chi connectivity index (χ0n) is 10.9. The molecule has 0 fully saturated rings. The standard InChI is InChI=1S/C13H19ClN2O2/c1-9(2)18-8-7-16(3)13(17)10-5-4-6-11(14)12(10)15/h4-6,9H,7-8,15H2,1-3H3. The molecule has 0 aromatic heterocycles. The Labute approximate surface area is 113 Å². The van der Waals surface area contributed by atoms with Gasteiger partial charge in [-0.3, -0.25) is 4.79 Å². The third-order valence-electron chi connectivity index (χ3n) is 2.51. The lowest BCUT2D eigenvalue weighted by molar-refractivity contribution is 0.0532. The van der Waals surface area contributed by atoms with Crippen LogP contribution in [0.3, 0.4) is 0 Å². The zero-order valence-corrected chi connectivity index (χ0v) is 11.7. The van der Waals surface area contributed by atoms with Crippen molar-refractivity contribution in [2.24, 2.45) is 0 Å². The summed E-state index contributed by atoms with van der Waals surface area (Å²) in [5.74, 6) is -0.151. The Morgan fingerprint density at radius 2 is 2.17 bits per heavy atom. The predicted octanol–water partition coefficient (Wildman–Crippen LogP) is 2.42. The van der Waals surface area contributed by atoms with E-state index in [0.29, 0.717) is 29.4 Å². The second-order valence-electron chi connectivity index (χ2n) is 4.35. The molecule has 0 aliphatic heterocycles. The maximum Gasteiger partial charge on any atom is 0.255 e. The van der Waals surface area contributed by atoms with Gasteiger partial charge in [-0.1, -0.05) is 17.7 Å². The van der Waals surface area contributed by atoms with E-state index >= 15 is 0 Å². The highest BCUT2D eigenvalue weighted by molar-refractivity contribution is 6.33. The number of rotatable bonds is 5. The van der Waals surface area contributed by atoms with E-state index in [9.17, 15) is 4.79 Å². The molecule has 0 atom stereocenters. The minimum atomic E-state index is -0.151. The zero-order chi connectivity index (χ0) is 13.7. The van der Waals surface area contributed by atoms with Gasteiger partial charge < -0.3 is 15.4 Å². The fraction of sp³-hybridized carbons (Fsp3) is 0.462. The fourth-order valence-corrected chi connectivity index (χ4v) is 1.63. The minimum Gasteiger partial charge on any atom is -0.397 e. The molecule has 0 spiro atoms. The molecular formula is C13H19ClN2O2. The number of halogens is 1. The highest BCUT2D eigenvalue weighted by Crippen LogP contribution is 2.23. The molecule has 18 heavy (non-hydrogen) atoms. The number of carbonyl (C=O) groups is 1. The number of ether oxygens (including phenoxy) is 1. The first-order valence-corrected chi connectivity index (χ1v) is 6.22. The monoisotopic (exact) mass is 270 g/mol. The second-order valence-corrected chi connectivity index (χ2v) is 4.75. The van der Waals surface area contributed by atoms with Gasteiger partial charge in [-0.05, 0) is 26.0 Å². The van der Waals surface area contributed by atoms with E-state index in [2.05, 4.69) is 0 Å². The van der Waals surface area contributed by atoms with Crippen molar-refractivity contribution in [3.05, 3.63) is 28.8 Å².